The van der Waals surface area contributed by atoms with Crippen molar-refractivity contribution in [1.82, 2.24) is 10.6 Å². The maximum atomic E-state index is 6.06. The molecule has 1 saturated heterocycles. The van der Waals surface area contributed by atoms with Gasteiger partial charge in [0.2, 0.25) is 0 Å². The number of fused-ring (bicyclic) bond motifs is 2. The standard InChI is InChI=1S/C22H33N3O3.HI/c1-5-23-21(24-14(2)17-13-15(26-3)7-8-18(17)27-4)25-19-16-9-12-28-20(16)22(19)10-6-11-22;/h7-8,13-14,16,19-20H,5-6,9-12H2,1-4H3,(H2,23,24,25);1H. The molecule has 1 spiro atoms. The number of halogens is 1. The molecule has 6 nitrogen and oxygen atoms in total. The van der Waals surface area contributed by atoms with E-state index in [0.29, 0.717) is 23.5 Å². The molecule has 1 aliphatic heterocycles. The topological polar surface area (TPSA) is 64.1 Å². The van der Waals surface area contributed by atoms with E-state index in [4.69, 9.17) is 19.2 Å². The second kappa shape index (κ2) is 9.29. The van der Waals surface area contributed by atoms with E-state index in [2.05, 4.69) is 24.5 Å². The van der Waals surface area contributed by atoms with E-state index in [1.807, 2.05) is 18.2 Å². The summed E-state index contributed by atoms with van der Waals surface area (Å²) in [6, 6.07) is 6.40. The van der Waals surface area contributed by atoms with Gasteiger partial charge in [-0.2, -0.15) is 0 Å². The molecule has 162 valence electrons. The predicted molar refractivity (Wildman–Crippen MR) is 126 cm³/mol. The van der Waals surface area contributed by atoms with E-state index in [-0.39, 0.29) is 30.0 Å². The third kappa shape index (κ3) is 3.92. The van der Waals surface area contributed by atoms with Crippen molar-refractivity contribution in [3.8, 4) is 11.5 Å². The molecule has 0 aromatic heterocycles. The van der Waals surface area contributed by atoms with E-state index in [1.54, 1.807) is 14.2 Å². The summed E-state index contributed by atoms with van der Waals surface area (Å²) < 4.78 is 17.0. The lowest BCUT2D eigenvalue weighted by molar-refractivity contribution is -0.171. The molecule has 1 heterocycles. The summed E-state index contributed by atoms with van der Waals surface area (Å²) in [6.45, 7) is 5.84. The van der Waals surface area contributed by atoms with Gasteiger partial charge in [0.25, 0.3) is 0 Å². The zero-order valence-corrected chi connectivity index (χ0v) is 20.2. The number of nitrogens with one attached hydrogen (secondary N) is 2. The Morgan fingerprint density at radius 3 is 2.72 bits per heavy atom. The Morgan fingerprint density at radius 2 is 2.10 bits per heavy atom. The van der Waals surface area contributed by atoms with Crippen LogP contribution in [-0.4, -0.2) is 45.5 Å². The summed E-state index contributed by atoms with van der Waals surface area (Å²) in [5.74, 6) is 3.16. The molecule has 0 radical (unpaired) electrons. The number of hydrogen-bond donors (Lipinski definition) is 2. The van der Waals surface area contributed by atoms with Gasteiger partial charge in [0.1, 0.15) is 11.5 Å². The van der Waals surface area contributed by atoms with E-state index >= 15 is 0 Å². The van der Waals surface area contributed by atoms with Gasteiger partial charge in [0.15, 0.2) is 5.96 Å². The Balaban J connectivity index is 0.00000240. The van der Waals surface area contributed by atoms with Crippen molar-refractivity contribution >= 4 is 29.9 Å². The third-order valence-electron chi connectivity index (χ3n) is 6.90. The molecule has 4 atom stereocenters. The molecule has 3 aliphatic rings. The fourth-order valence-electron chi connectivity index (χ4n) is 5.35. The molecule has 29 heavy (non-hydrogen) atoms. The van der Waals surface area contributed by atoms with Crippen LogP contribution in [0.4, 0.5) is 0 Å². The van der Waals surface area contributed by atoms with E-state index < -0.39 is 0 Å². The van der Waals surface area contributed by atoms with Crippen molar-refractivity contribution in [2.24, 2.45) is 16.3 Å². The Morgan fingerprint density at radius 1 is 1.31 bits per heavy atom. The predicted octanol–water partition coefficient (Wildman–Crippen LogP) is 3.90. The van der Waals surface area contributed by atoms with Crippen LogP contribution in [0.25, 0.3) is 0 Å². The number of hydrogen-bond acceptors (Lipinski definition) is 4. The summed E-state index contributed by atoms with van der Waals surface area (Å²) in [7, 11) is 3.39. The van der Waals surface area contributed by atoms with E-state index in [0.717, 1.165) is 42.6 Å². The molecule has 4 rings (SSSR count). The maximum Gasteiger partial charge on any atom is 0.191 e. The first-order valence-electron chi connectivity index (χ1n) is 10.5. The highest BCUT2D eigenvalue weighted by atomic mass is 127. The van der Waals surface area contributed by atoms with Gasteiger partial charge in [-0.3, -0.25) is 4.99 Å². The zero-order valence-electron chi connectivity index (χ0n) is 17.9. The van der Waals surface area contributed by atoms with E-state index in [1.165, 1.54) is 19.3 Å². The highest BCUT2D eigenvalue weighted by molar-refractivity contribution is 14.0. The van der Waals surface area contributed by atoms with Gasteiger partial charge in [-0.1, -0.05) is 6.42 Å². The summed E-state index contributed by atoms with van der Waals surface area (Å²) in [6.07, 6.45) is 5.46. The van der Waals surface area contributed by atoms with Crippen molar-refractivity contribution in [3.63, 3.8) is 0 Å². The second-order valence-corrected chi connectivity index (χ2v) is 8.25. The van der Waals surface area contributed by atoms with Gasteiger partial charge >= 0.3 is 0 Å². The van der Waals surface area contributed by atoms with Crippen LogP contribution in [0.15, 0.2) is 23.2 Å². The second-order valence-electron chi connectivity index (χ2n) is 8.25. The van der Waals surface area contributed by atoms with Crippen molar-refractivity contribution < 1.29 is 14.2 Å². The molecule has 3 fully saturated rings. The number of benzene rings is 1. The fourth-order valence-corrected chi connectivity index (χ4v) is 5.35. The Labute approximate surface area is 191 Å². The lowest BCUT2D eigenvalue weighted by Crippen LogP contribution is -2.72. The molecular weight excluding hydrogens is 481 g/mol. The molecule has 2 N–H and O–H groups in total. The molecule has 2 aliphatic carbocycles. The number of ether oxygens (including phenoxy) is 3. The van der Waals surface area contributed by atoms with Crippen LogP contribution in [-0.2, 0) is 4.74 Å². The summed E-state index contributed by atoms with van der Waals surface area (Å²) in [5, 5.41) is 7.36. The number of rotatable bonds is 6. The Hall–Kier alpha value is -1.22. The average molecular weight is 515 g/mol. The van der Waals surface area contributed by atoms with Gasteiger partial charge in [0, 0.05) is 36.1 Å². The molecule has 2 saturated carbocycles. The van der Waals surface area contributed by atoms with Crippen LogP contribution in [0, 0.1) is 11.3 Å². The highest BCUT2D eigenvalue weighted by Gasteiger charge is 2.66. The molecule has 4 unspecified atom stereocenters. The van der Waals surface area contributed by atoms with Crippen LogP contribution >= 0.6 is 24.0 Å². The first-order chi connectivity index (χ1) is 13.6. The fraction of sp³-hybridized carbons (Fsp3) is 0.682. The maximum absolute atomic E-state index is 6.06. The first kappa shape index (κ1) is 22.5. The number of nitrogens with zero attached hydrogens (tertiary/aromatic N) is 1. The first-order valence-corrected chi connectivity index (χ1v) is 10.5. The largest absolute Gasteiger partial charge is 0.497 e. The minimum absolute atomic E-state index is 0. The SMILES string of the molecule is CCN=C(NC(C)c1cc(OC)ccc1OC)NC1C2CCOC2C12CCC2.I. The number of guanidine groups is 1. The quantitative estimate of drug-likeness (QED) is 0.342. The third-order valence-corrected chi connectivity index (χ3v) is 6.90. The van der Waals surface area contributed by atoms with Crippen LogP contribution in [0.3, 0.4) is 0 Å². The number of methoxy groups -OCH3 is 2. The monoisotopic (exact) mass is 515 g/mol. The van der Waals surface area contributed by atoms with Gasteiger partial charge in [-0.15, -0.1) is 24.0 Å². The zero-order chi connectivity index (χ0) is 19.7. The lowest BCUT2D eigenvalue weighted by atomic mass is 9.46. The van der Waals surface area contributed by atoms with Crippen molar-refractivity contribution in [2.45, 2.75) is 57.7 Å². The smallest absolute Gasteiger partial charge is 0.191 e. The van der Waals surface area contributed by atoms with Gasteiger partial charge in [0.05, 0.1) is 26.4 Å². The summed E-state index contributed by atoms with van der Waals surface area (Å²) in [5.41, 5.74) is 1.38. The molecular formula is C22H34IN3O3. The van der Waals surface area contributed by atoms with Gasteiger partial charge in [-0.05, 0) is 51.3 Å². The molecule has 0 amide bonds. The normalized spacial score (nSPS) is 27.7. The molecule has 7 heteroatoms. The Bertz CT molecular complexity index is 738. The van der Waals surface area contributed by atoms with Crippen LogP contribution < -0.4 is 20.1 Å². The van der Waals surface area contributed by atoms with Crippen molar-refractivity contribution in [2.75, 3.05) is 27.4 Å². The summed E-state index contributed by atoms with van der Waals surface area (Å²) in [4.78, 5) is 4.73. The van der Waals surface area contributed by atoms with Gasteiger partial charge in [-0.25, -0.2) is 0 Å². The minimum atomic E-state index is 0. The van der Waals surface area contributed by atoms with Crippen molar-refractivity contribution in [3.05, 3.63) is 23.8 Å². The average Bonchev–Trinajstić information content (AvgIpc) is 3.09. The minimum Gasteiger partial charge on any atom is -0.497 e. The van der Waals surface area contributed by atoms with Crippen molar-refractivity contribution in [1.29, 1.82) is 0 Å². The van der Waals surface area contributed by atoms with E-state index in [9.17, 15) is 0 Å². The van der Waals surface area contributed by atoms with Gasteiger partial charge < -0.3 is 24.8 Å². The molecule has 0 bridgehead atoms. The number of aliphatic imine (C=N–C) groups is 1. The Kier molecular flexibility index (Phi) is 7.19. The highest BCUT2D eigenvalue weighted by Crippen LogP contribution is 2.62. The lowest BCUT2D eigenvalue weighted by Gasteiger charge is -2.63. The summed E-state index contributed by atoms with van der Waals surface area (Å²) >= 11 is 0. The van der Waals surface area contributed by atoms with Crippen LogP contribution in [0.5, 0.6) is 11.5 Å². The molecule has 1 aromatic carbocycles. The van der Waals surface area contributed by atoms with Crippen LogP contribution in [0.1, 0.15) is 51.1 Å². The molecule has 1 aromatic rings. The van der Waals surface area contributed by atoms with Crippen LogP contribution in [0.2, 0.25) is 0 Å².